The Labute approximate surface area is 183 Å². The number of nitrogens with one attached hydrogen (secondary N) is 3. The maximum Gasteiger partial charge on any atom is 0.416 e. The molecule has 1 amide bonds. The quantitative estimate of drug-likeness (QED) is 0.361. The number of pyridine rings is 1. The van der Waals surface area contributed by atoms with E-state index < -0.39 is 23.6 Å². The zero-order chi connectivity index (χ0) is 22.6. The van der Waals surface area contributed by atoms with Crippen LogP contribution in [-0.4, -0.2) is 21.0 Å². The van der Waals surface area contributed by atoms with Crippen LogP contribution in [0.4, 0.5) is 29.1 Å². The molecule has 3 aromatic rings. The second-order valence-electron chi connectivity index (χ2n) is 6.31. The van der Waals surface area contributed by atoms with E-state index in [1.165, 1.54) is 23.7 Å². The van der Waals surface area contributed by atoms with Gasteiger partial charge in [0.15, 0.2) is 10.1 Å². The van der Waals surface area contributed by atoms with E-state index in [0.29, 0.717) is 22.6 Å². The van der Waals surface area contributed by atoms with Crippen LogP contribution < -0.4 is 16.0 Å². The summed E-state index contributed by atoms with van der Waals surface area (Å²) in [5, 5.41) is 10.3. The zero-order valence-corrected chi connectivity index (χ0v) is 17.5. The number of thiocarbonyl (C=S) groups is 1. The summed E-state index contributed by atoms with van der Waals surface area (Å²) in [5.74, 6) is -1.07. The molecular formula is C19H15F4N5OS2. The summed E-state index contributed by atoms with van der Waals surface area (Å²) in [7, 11) is 0. The first-order chi connectivity index (χ1) is 14.6. The monoisotopic (exact) mass is 469 g/mol. The van der Waals surface area contributed by atoms with E-state index in [0.717, 1.165) is 12.1 Å². The molecule has 0 fully saturated rings. The molecule has 1 unspecified atom stereocenters. The standard InChI is InChI=1S/C19H15F4N5OS2/c1-10(11-6-12(19(21,22)23)8-13(20)7-11)26-18(30)27-14-2-3-15(25-9-14)28-16(29)17-24-4-5-31-17/h2-10H,1H3,(H,25,28,29)(H2,26,27,30). The van der Waals surface area contributed by atoms with Gasteiger partial charge in [0.1, 0.15) is 11.6 Å². The largest absolute Gasteiger partial charge is 0.416 e. The SMILES string of the molecule is CC(NC(=S)Nc1ccc(NC(=O)c2nccs2)nc1)c1cc(F)cc(C(F)(F)F)c1. The number of benzene rings is 1. The smallest absolute Gasteiger partial charge is 0.356 e. The molecule has 3 N–H and O–H groups in total. The molecule has 0 saturated carbocycles. The van der Waals surface area contributed by atoms with E-state index in [9.17, 15) is 22.4 Å². The van der Waals surface area contributed by atoms with Gasteiger partial charge in [0.25, 0.3) is 5.91 Å². The lowest BCUT2D eigenvalue weighted by Crippen LogP contribution is -2.31. The summed E-state index contributed by atoms with van der Waals surface area (Å²) in [4.78, 5) is 19.9. The minimum atomic E-state index is -4.66. The van der Waals surface area contributed by atoms with Gasteiger partial charge in [-0.1, -0.05) is 0 Å². The third kappa shape index (κ3) is 6.18. The predicted octanol–water partition coefficient (Wildman–Crippen LogP) is 5.00. The maximum atomic E-state index is 13.6. The third-order valence-electron chi connectivity index (χ3n) is 3.98. The van der Waals surface area contributed by atoms with Crippen molar-refractivity contribution in [2.75, 3.05) is 10.6 Å². The number of alkyl halides is 3. The number of rotatable bonds is 5. The molecule has 2 heterocycles. The molecule has 3 rings (SSSR count). The average molecular weight is 469 g/mol. The molecule has 2 aromatic heterocycles. The van der Waals surface area contributed by atoms with Crippen LogP contribution in [0, 0.1) is 5.82 Å². The number of carbonyl (C=O) groups is 1. The Kier molecular flexibility index (Phi) is 6.81. The Balaban J connectivity index is 1.59. The first-order valence-electron chi connectivity index (χ1n) is 8.74. The average Bonchev–Trinajstić information content (AvgIpc) is 3.23. The van der Waals surface area contributed by atoms with Gasteiger partial charge in [-0.2, -0.15) is 13.2 Å². The fourth-order valence-electron chi connectivity index (χ4n) is 2.52. The van der Waals surface area contributed by atoms with Crippen molar-refractivity contribution < 1.29 is 22.4 Å². The number of hydrogen-bond donors (Lipinski definition) is 3. The minimum absolute atomic E-state index is 0.0925. The van der Waals surface area contributed by atoms with Gasteiger partial charge in [-0.25, -0.2) is 14.4 Å². The van der Waals surface area contributed by atoms with E-state index >= 15 is 0 Å². The fourth-order valence-corrected chi connectivity index (χ4v) is 3.35. The van der Waals surface area contributed by atoms with Crippen LogP contribution >= 0.6 is 23.6 Å². The lowest BCUT2D eigenvalue weighted by atomic mass is 10.0. The Morgan fingerprint density at radius 3 is 2.55 bits per heavy atom. The van der Waals surface area contributed by atoms with E-state index in [-0.39, 0.29) is 16.6 Å². The number of carbonyl (C=O) groups excluding carboxylic acids is 1. The molecule has 0 aliphatic heterocycles. The molecule has 31 heavy (non-hydrogen) atoms. The van der Waals surface area contributed by atoms with Gasteiger partial charge in [0.05, 0.1) is 23.5 Å². The Hall–Kier alpha value is -3.12. The third-order valence-corrected chi connectivity index (χ3v) is 4.98. The van der Waals surface area contributed by atoms with E-state index in [2.05, 4.69) is 25.9 Å². The highest BCUT2D eigenvalue weighted by Gasteiger charge is 2.31. The molecule has 0 aliphatic carbocycles. The molecule has 0 radical (unpaired) electrons. The predicted molar refractivity (Wildman–Crippen MR) is 113 cm³/mol. The zero-order valence-electron chi connectivity index (χ0n) is 15.8. The van der Waals surface area contributed by atoms with Gasteiger partial charge >= 0.3 is 6.18 Å². The first kappa shape index (κ1) is 22.6. The lowest BCUT2D eigenvalue weighted by molar-refractivity contribution is -0.137. The van der Waals surface area contributed by atoms with Crippen LogP contribution in [0.5, 0.6) is 0 Å². The highest BCUT2D eigenvalue weighted by atomic mass is 32.1. The molecule has 1 atom stereocenters. The van der Waals surface area contributed by atoms with E-state index in [1.54, 1.807) is 24.4 Å². The van der Waals surface area contributed by atoms with Crippen LogP contribution in [0.1, 0.15) is 33.9 Å². The van der Waals surface area contributed by atoms with E-state index in [1.807, 2.05) is 0 Å². The summed E-state index contributed by atoms with van der Waals surface area (Å²) in [6.45, 7) is 1.55. The number of thiazole rings is 1. The summed E-state index contributed by atoms with van der Waals surface area (Å²) < 4.78 is 52.3. The van der Waals surface area contributed by atoms with Crippen LogP contribution in [0.2, 0.25) is 0 Å². The maximum absolute atomic E-state index is 13.6. The molecule has 0 spiro atoms. The number of nitrogens with zero attached hydrogens (tertiary/aromatic N) is 2. The van der Waals surface area contributed by atoms with Crippen molar-refractivity contribution in [1.29, 1.82) is 0 Å². The topological polar surface area (TPSA) is 78.9 Å². The highest BCUT2D eigenvalue weighted by Crippen LogP contribution is 2.31. The normalized spacial score (nSPS) is 12.2. The van der Waals surface area contributed by atoms with Crippen LogP contribution in [0.25, 0.3) is 0 Å². The summed E-state index contributed by atoms with van der Waals surface area (Å²) in [6.07, 6.45) is -1.72. The van der Waals surface area contributed by atoms with Crippen LogP contribution in [0.15, 0.2) is 48.1 Å². The van der Waals surface area contributed by atoms with Crippen molar-refractivity contribution in [2.24, 2.45) is 0 Å². The van der Waals surface area contributed by atoms with E-state index in [4.69, 9.17) is 12.2 Å². The van der Waals surface area contributed by atoms with Crippen LogP contribution in [-0.2, 0) is 6.18 Å². The molecule has 12 heteroatoms. The Bertz CT molecular complexity index is 1070. The second-order valence-corrected chi connectivity index (χ2v) is 7.62. The number of hydrogen-bond acceptors (Lipinski definition) is 5. The minimum Gasteiger partial charge on any atom is -0.356 e. The van der Waals surface area contributed by atoms with Crippen molar-refractivity contribution in [1.82, 2.24) is 15.3 Å². The number of halogens is 4. The lowest BCUT2D eigenvalue weighted by Gasteiger charge is -2.19. The van der Waals surface area contributed by atoms with Gasteiger partial charge in [-0.15, -0.1) is 11.3 Å². The van der Waals surface area contributed by atoms with Crippen LogP contribution in [0.3, 0.4) is 0 Å². The number of amides is 1. The molecule has 0 bridgehead atoms. The van der Waals surface area contributed by atoms with Crippen molar-refractivity contribution in [2.45, 2.75) is 19.1 Å². The van der Waals surface area contributed by atoms with Crippen molar-refractivity contribution in [3.63, 3.8) is 0 Å². The second kappa shape index (κ2) is 9.35. The number of anilines is 2. The molecule has 1 aromatic carbocycles. The number of aromatic nitrogens is 2. The molecule has 0 aliphatic rings. The Morgan fingerprint density at radius 1 is 1.16 bits per heavy atom. The summed E-state index contributed by atoms with van der Waals surface area (Å²) in [6, 6.07) is 4.77. The van der Waals surface area contributed by atoms with Gasteiger partial charge in [0.2, 0.25) is 0 Å². The molecule has 0 saturated heterocycles. The van der Waals surface area contributed by atoms with Gasteiger partial charge in [-0.05, 0) is 55.0 Å². The molecular weight excluding hydrogens is 454 g/mol. The van der Waals surface area contributed by atoms with Crippen molar-refractivity contribution in [3.8, 4) is 0 Å². The van der Waals surface area contributed by atoms with Gasteiger partial charge < -0.3 is 16.0 Å². The summed E-state index contributed by atoms with van der Waals surface area (Å²) in [5.41, 5.74) is -0.503. The highest BCUT2D eigenvalue weighted by molar-refractivity contribution is 7.80. The first-order valence-corrected chi connectivity index (χ1v) is 10.0. The van der Waals surface area contributed by atoms with Crippen molar-refractivity contribution in [3.05, 3.63) is 70.1 Å². The summed E-state index contributed by atoms with van der Waals surface area (Å²) >= 11 is 6.36. The molecule has 6 nitrogen and oxygen atoms in total. The fraction of sp³-hybridized carbons (Fsp3) is 0.158. The molecule has 162 valence electrons. The van der Waals surface area contributed by atoms with Gasteiger partial charge in [-0.3, -0.25) is 4.79 Å². The van der Waals surface area contributed by atoms with Gasteiger partial charge in [0, 0.05) is 11.6 Å². The Morgan fingerprint density at radius 2 is 1.94 bits per heavy atom. The van der Waals surface area contributed by atoms with Crippen molar-refractivity contribution >= 4 is 46.1 Å².